The maximum atomic E-state index is 14.3. The molecule has 1 aliphatic rings. The number of hydrogen-bond acceptors (Lipinski definition) is 6. The summed E-state index contributed by atoms with van der Waals surface area (Å²) in [5, 5.41) is 4.67. The van der Waals surface area contributed by atoms with Gasteiger partial charge < -0.3 is 14.6 Å². The summed E-state index contributed by atoms with van der Waals surface area (Å²) in [5.41, 5.74) is 2.37. The van der Waals surface area contributed by atoms with E-state index in [1.165, 1.54) is 29.9 Å². The van der Waals surface area contributed by atoms with Gasteiger partial charge in [-0.25, -0.2) is 13.8 Å². The lowest BCUT2D eigenvalue weighted by Gasteiger charge is -2.31. The molecular formula is C22H22F2N6O3S. The molecule has 0 atom stereocenters. The first-order valence-electron chi connectivity index (χ1n) is 10.5. The van der Waals surface area contributed by atoms with Crippen molar-refractivity contribution < 1.29 is 21.9 Å². The predicted octanol–water partition coefficient (Wildman–Crippen LogP) is 2.72. The standard InChI is InChI=1S/C22H22F2N6O3S/c1-28-3-5-29(6-4-28)34(31,32)30-13-15(11-27-30)14-7-18-19(12-26-22(18)25-10-14)17-8-16(23)9-20(24)21(17)33-2/h7-13H,3-6H2,1-2H3,(H,25,26). The topological polar surface area (TPSA) is 96.3 Å². The third-order valence-corrected chi connectivity index (χ3v) is 7.64. The highest BCUT2D eigenvalue weighted by atomic mass is 32.2. The van der Waals surface area contributed by atoms with Crippen LogP contribution in [0.5, 0.6) is 5.75 Å². The van der Waals surface area contributed by atoms with Gasteiger partial charge in [-0.3, -0.25) is 0 Å². The highest BCUT2D eigenvalue weighted by molar-refractivity contribution is 7.87. The Balaban J connectivity index is 1.53. The molecule has 0 spiro atoms. The number of halogens is 2. The van der Waals surface area contributed by atoms with Crippen molar-refractivity contribution in [2.45, 2.75) is 0 Å². The van der Waals surface area contributed by atoms with E-state index in [0.29, 0.717) is 53.9 Å². The average molecular weight is 489 g/mol. The molecule has 3 aromatic heterocycles. The Labute approximate surface area is 194 Å². The molecule has 1 aliphatic heterocycles. The van der Waals surface area contributed by atoms with Gasteiger partial charge in [0.15, 0.2) is 11.6 Å². The number of nitrogens with zero attached hydrogens (tertiary/aromatic N) is 5. The SMILES string of the molecule is COc1c(F)cc(F)cc1-c1c[nH]c2ncc(-c3cnn(S(=O)(=O)N4CCN(C)CC4)c3)cc12. The highest BCUT2D eigenvalue weighted by Gasteiger charge is 2.28. The summed E-state index contributed by atoms with van der Waals surface area (Å²) in [4.78, 5) is 9.44. The smallest absolute Gasteiger partial charge is 0.323 e. The van der Waals surface area contributed by atoms with Gasteiger partial charge in [-0.05, 0) is 19.2 Å². The van der Waals surface area contributed by atoms with Gasteiger partial charge in [0.2, 0.25) is 0 Å². The number of aromatic nitrogens is 4. The van der Waals surface area contributed by atoms with Gasteiger partial charge in [-0.2, -0.15) is 21.9 Å². The zero-order valence-corrected chi connectivity index (χ0v) is 19.3. The molecule has 1 saturated heterocycles. The third-order valence-electron chi connectivity index (χ3n) is 5.95. The first-order chi connectivity index (χ1) is 16.3. The molecule has 4 heterocycles. The molecule has 0 aliphatic carbocycles. The number of pyridine rings is 1. The normalized spacial score (nSPS) is 15.8. The molecule has 4 aromatic rings. The van der Waals surface area contributed by atoms with E-state index < -0.39 is 21.8 Å². The summed E-state index contributed by atoms with van der Waals surface area (Å²) in [5.74, 6) is -1.63. The van der Waals surface area contributed by atoms with Crippen LogP contribution in [0.1, 0.15) is 0 Å². The van der Waals surface area contributed by atoms with Gasteiger partial charge in [-0.1, -0.05) is 0 Å². The van der Waals surface area contributed by atoms with Crippen LogP contribution in [-0.4, -0.2) is 77.1 Å². The number of hydrogen-bond donors (Lipinski definition) is 1. The molecule has 5 rings (SSSR count). The van der Waals surface area contributed by atoms with Crippen LogP contribution in [0.2, 0.25) is 0 Å². The number of fused-ring (bicyclic) bond motifs is 1. The quantitative estimate of drug-likeness (QED) is 0.464. The fourth-order valence-electron chi connectivity index (χ4n) is 4.07. The van der Waals surface area contributed by atoms with Crippen LogP contribution in [0.25, 0.3) is 33.3 Å². The molecule has 34 heavy (non-hydrogen) atoms. The van der Waals surface area contributed by atoms with E-state index in [1.807, 2.05) is 7.05 Å². The van der Waals surface area contributed by atoms with E-state index in [0.717, 1.165) is 10.2 Å². The number of ether oxygens (including phenoxy) is 1. The molecule has 1 aromatic carbocycles. The van der Waals surface area contributed by atoms with Crippen LogP contribution < -0.4 is 4.74 Å². The second-order valence-electron chi connectivity index (χ2n) is 8.10. The number of piperazine rings is 1. The molecule has 0 saturated carbocycles. The van der Waals surface area contributed by atoms with E-state index in [2.05, 4.69) is 20.0 Å². The number of nitrogens with one attached hydrogen (secondary N) is 1. The maximum Gasteiger partial charge on any atom is 0.323 e. The van der Waals surface area contributed by atoms with Crippen LogP contribution >= 0.6 is 0 Å². The molecule has 0 amide bonds. The summed E-state index contributed by atoms with van der Waals surface area (Å²) >= 11 is 0. The van der Waals surface area contributed by atoms with Crippen molar-refractivity contribution >= 4 is 21.2 Å². The third kappa shape index (κ3) is 3.83. The second kappa shape index (κ2) is 8.46. The number of aromatic amines is 1. The van der Waals surface area contributed by atoms with Crippen molar-refractivity contribution in [3.8, 4) is 28.0 Å². The molecule has 0 radical (unpaired) electrons. The van der Waals surface area contributed by atoms with E-state index in [-0.39, 0.29) is 11.3 Å². The van der Waals surface area contributed by atoms with Crippen molar-refractivity contribution in [2.24, 2.45) is 0 Å². The molecule has 0 unspecified atom stereocenters. The summed E-state index contributed by atoms with van der Waals surface area (Å²) in [6.07, 6.45) is 6.06. The monoisotopic (exact) mass is 488 g/mol. The molecule has 1 N–H and O–H groups in total. The first-order valence-corrected chi connectivity index (χ1v) is 11.9. The van der Waals surface area contributed by atoms with E-state index in [1.54, 1.807) is 18.5 Å². The molecule has 178 valence electrons. The number of methoxy groups -OCH3 is 1. The Bertz CT molecular complexity index is 1480. The minimum Gasteiger partial charge on any atom is -0.493 e. The summed E-state index contributed by atoms with van der Waals surface area (Å²) in [6.45, 7) is 2.07. The first kappa shape index (κ1) is 22.4. The lowest BCUT2D eigenvalue weighted by Crippen LogP contribution is -2.48. The zero-order valence-electron chi connectivity index (χ0n) is 18.5. The molecule has 12 heteroatoms. The summed E-state index contributed by atoms with van der Waals surface area (Å²) in [7, 11) is -0.529. The van der Waals surface area contributed by atoms with Crippen molar-refractivity contribution in [1.29, 1.82) is 0 Å². The van der Waals surface area contributed by atoms with Gasteiger partial charge >= 0.3 is 10.2 Å². The van der Waals surface area contributed by atoms with Crippen molar-refractivity contribution in [3.05, 3.63) is 54.6 Å². The van der Waals surface area contributed by atoms with Gasteiger partial charge in [0.25, 0.3) is 0 Å². The minimum atomic E-state index is -3.79. The zero-order chi connectivity index (χ0) is 24.0. The number of benzene rings is 1. The second-order valence-corrected chi connectivity index (χ2v) is 9.89. The van der Waals surface area contributed by atoms with Crippen LogP contribution in [-0.2, 0) is 10.2 Å². The minimum absolute atomic E-state index is 0.0845. The molecular weight excluding hydrogens is 466 g/mol. The van der Waals surface area contributed by atoms with Crippen LogP contribution in [0.4, 0.5) is 8.78 Å². The Hall–Kier alpha value is -3.35. The van der Waals surface area contributed by atoms with Crippen molar-refractivity contribution in [3.63, 3.8) is 0 Å². The fraction of sp³-hybridized carbons (Fsp3) is 0.273. The Morgan fingerprint density at radius 2 is 1.79 bits per heavy atom. The van der Waals surface area contributed by atoms with Gasteiger partial charge in [0.1, 0.15) is 11.5 Å². The van der Waals surface area contributed by atoms with Gasteiger partial charge in [-0.15, -0.1) is 0 Å². The lowest BCUT2D eigenvalue weighted by atomic mass is 10.0. The van der Waals surface area contributed by atoms with E-state index in [9.17, 15) is 17.2 Å². The largest absolute Gasteiger partial charge is 0.493 e. The van der Waals surface area contributed by atoms with Crippen LogP contribution in [0.15, 0.2) is 43.0 Å². The van der Waals surface area contributed by atoms with E-state index >= 15 is 0 Å². The van der Waals surface area contributed by atoms with Crippen molar-refractivity contribution in [1.82, 2.24) is 28.4 Å². The van der Waals surface area contributed by atoms with Gasteiger partial charge in [0, 0.05) is 72.3 Å². The fourth-order valence-corrected chi connectivity index (χ4v) is 5.34. The summed E-state index contributed by atoms with van der Waals surface area (Å²) < 4.78 is 61.7. The maximum absolute atomic E-state index is 14.3. The Kier molecular flexibility index (Phi) is 5.58. The molecule has 9 nitrogen and oxygen atoms in total. The predicted molar refractivity (Wildman–Crippen MR) is 123 cm³/mol. The van der Waals surface area contributed by atoms with Crippen molar-refractivity contribution in [2.75, 3.05) is 40.3 Å². The lowest BCUT2D eigenvalue weighted by molar-refractivity contribution is 0.220. The van der Waals surface area contributed by atoms with Gasteiger partial charge in [0.05, 0.1) is 19.5 Å². The Morgan fingerprint density at radius 1 is 1.03 bits per heavy atom. The van der Waals surface area contributed by atoms with Crippen LogP contribution in [0.3, 0.4) is 0 Å². The number of H-pyrrole nitrogens is 1. The Morgan fingerprint density at radius 3 is 2.53 bits per heavy atom. The highest BCUT2D eigenvalue weighted by Crippen LogP contribution is 2.38. The molecule has 0 bridgehead atoms. The van der Waals surface area contributed by atoms with Crippen LogP contribution in [0, 0.1) is 11.6 Å². The average Bonchev–Trinajstić information content (AvgIpc) is 3.46. The number of likely N-dealkylation sites (N-methyl/N-ethyl adjacent to an activating group) is 1. The number of rotatable bonds is 5. The van der Waals surface area contributed by atoms with E-state index in [4.69, 9.17) is 4.74 Å². The summed E-state index contributed by atoms with van der Waals surface area (Å²) in [6, 6.07) is 3.72. The molecule has 1 fully saturated rings.